The number of benzene rings is 1. The minimum Gasteiger partial charge on any atom is -0.490 e. The molecule has 0 aliphatic rings. The van der Waals surface area contributed by atoms with Gasteiger partial charge < -0.3 is 4.74 Å². The summed E-state index contributed by atoms with van der Waals surface area (Å²) in [6.45, 7) is 5.07. The van der Waals surface area contributed by atoms with E-state index in [0.717, 1.165) is 29.8 Å². The second kappa shape index (κ2) is 13.1. The number of aromatic nitrogens is 1. The largest absolute Gasteiger partial charge is 0.490 e. The van der Waals surface area contributed by atoms with Crippen LogP contribution in [0.2, 0.25) is 0 Å². The molecule has 0 radical (unpaired) electrons. The molecule has 27 heavy (non-hydrogen) atoms. The number of aryl methyl sites for hydroxylation is 1. The lowest BCUT2D eigenvalue weighted by atomic mass is 10.1. The van der Waals surface area contributed by atoms with Crippen molar-refractivity contribution in [1.29, 1.82) is 0 Å². The molecule has 1 aromatic carbocycles. The zero-order chi connectivity index (χ0) is 19.2. The molecular formula is C25H35NO. The van der Waals surface area contributed by atoms with Gasteiger partial charge in [-0.25, -0.2) is 0 Å². The fourth-order valence-corrected chi connectivity index (χ4v) is 3.07. The van der Waals surface area contributed by atoms with Crippen molar-refractivity contribution in [3.8, 4) is 17.0 Å². The molecule has 0 amide bonds. The number of hydrogen-bond donors (Lipinski definition) is 0. The maximum absolute atomic E-state index is 5.73. The molecule has 2 rings (SSSR count). The van der Waals surface area contributed by atoms with Crippen LogP contribution in [0.1, 0.15) is 70.8 Å². The highest BCUT2D eigenvalue weighted by molar-refractivity contribution is 5.60. The van der Waals surface area contributed by atoms with E-state index in [-0.39, 0.29) is 0 Å². The first-order valence-corrected chi connectivity index (χ1v) is 10.7. The van der Waals surface area contributed by atoms with Crippen molar-refractivity contribution >= 4 is 0 Å². The van der Waals surface area contributed by atoms with E-state index >= 15 is 0 Å². The van der Waals surface area contributed by atoms with Crippen LogP contribution >= 0.6 is 0 Å². The summed E-state index contributed by atoms with van der Waals surface area (Å²) in [6.07, 6.45) is 17.7. The summed E-state index contributed by atoms with van der Waals surface area (Å²) >= 11 is 0. The molecule has 0 N–H and O–H groups in total. The summed E-state index contributed by atoms with van der Waals surface area (Å²) in [5, 5.41) is 0. The lowest BCUT2D eigenvalue weighted by Gasteiger charge is -2.06. The second-order valence-electron chi connectivity index (χ2n) is 7.16. The van der Waals surface area contributed by atoms with Crippen LogP contribution in [0.25, 0.3) is 11.3 Å². The Labute approximate surface area is 165 Å². The maximum Gasteiger partial charge on any atom is 0.119 e. The van der Waals surface area contributed by atoms with Crippen LogP contribution in [0.5, 0.6) is 5.75 Å². The average molecular weight is 366 g/mol. The maximum atomic E-state index is 5.73. The summed E-state index contributed by atoms with van der Waals surface area (Å²) in [6, 6.07) is 12.6. The van der Waals surface area contributed by atoms with Crippen molar-refractivity contribution < 1.29 is 4.74 Å². The van der Waals surface area contributed by atoms with Gasteiger partial charge in [-0.1, -0.05) is 70.6 Å². The Bertz CT molecular complexity index is 643. The van der Waals surface area contributed by atoms with E-state index in [9.17, 15) is 0 Å². The molecule has 1 aromatic heterocycles. The van der Waals surface area contributed by atoms with Crippen LogP contribution in [0, 0.1) is 0 Å². The first-order valence-electron chi connectivity index (χ1n) is 10.7. The Kier molecular flexibility index (Phi) is 10.3. The van der Waals surface area contributed by atoms with Gasteiger partial charge >= 0.3 is 0 Å². The van der Waals surface area contributed by atoms with Gasteiger partial charge in [0.2, 0.25) is 0 Å². The van der Waals surface area contributed by atoms with Crippen molar-refractivity contribution in [3.05, 3.63) is 60.3 Å². The lowest BCUT2D eigenvalue weighted by Crippen LogP contribution is -1.93. The first-order chi connectivity index (χ1) is 13.3. The molecule has 0 fully saturated rings. The van der Waals surface area contributed by atoms with E-state index in [1.54, 1.807) is 0 Å². The average Bonchev–Trinajstić information content (AvgIpc) is 2.71. The molecule has 0 atom stereocenters. The van der Waals surface area contributed by atoms with Crippen LogP contribution in [0.3, 0.4) is 0 Å². The van der Waals surface area contributed by atoms with E-state index in [0.29, 0.717) is 6.61 Å². The Morgan fingerprint density at radius 2 is 1.59 bits per heavy atom. The molecule has 0 saturated heterocycles. The van der Waals surface area contributed by atoms with Crippen molar-refractivity contribution in [2.45, 2.75) is 71.6 Å². The predicted molar refractivity (Wildman–Crippen MR) is 116 cm³/mol. The Balaban J connectivity index is 1.77. The van der Waals surface area contributed by atoms with Gasteiger partial charge in [0.15, 0.2) is 0 Å². The number of rotatable bonds is 13. The highest BCUT2D eigenvalue weighted by atomic mass is 16.5. The van der Waals surface area contributed by atoms with Gasteiger partial charge in [0.05, 0.1) is 5.69 Å². The zero-order valence-electron chi connectivity index (χ0n) is 17.1. The minimum absolute atomic E-state index is 0.630. The van der Waals surface area contributed by atoms with E-state index in [1.165, 1.54) is 50.5 Å². The summed E-state index contributed by atoms with van der Waals surface area (Å²) in [7, 11) is 0. The number of ether oxygens (including phenoxy) is 1. The molecule has 0 unspecified atom stereocenters. The van der Waals surface area contributed by atoms with E-state index < -0.39 is 0 Å². The van der Waals surface area contributed by atoms with E-state index in [2.05, 4.69) is 55.2 Å². The molecule has 0 spiro atoms. The van der Waals surface area contributed by atoms with Gasteiger partial charge in [-0.15, -0.1) is 0 Å². The Morgan fingerprint density at radius 3 is 2.30 bits per heavy atom. The Hall–Kier alpha value is -2.09. The third kappa shape index (κ3) is 8.43. The van der Waals surface area contributed by atoms with Crippen LogP contribution in [0.4, 0.5) is 0 Å². The van der Waals surface area contributed by atoms with Crippen molar-refractivity contribution in [1.82, 2.24) is 4.98 Å². The normalized spacial score (nSPS) is 11.2. The van der Waals surface area contributed by atoms with Gasteiger partial charge in [-0.2, -0.15) is 0 Å². The van der Waals surface area contributed by atoms with Crippen LogP contribution in [0.15, 0.2) is 54.7 Å². The summed E-state index contributed by atoms with van der Waals surface area (Å²) in [5.41, 5.74) is 3.50. The van der Waals surface area contributed by atoms with Crippen molar-refractivity contribution in [3.63, 3.8) is 0 Å². The minimum atomic E-state index is 0.630. The van der Waals surface area contributed by atoms with Crippen LogP contribution in [-0.2, 0) is 6.42 Å². The molecule has 0 aliphatic carbocycles. The van der Waals surface area contributed by atoms with Crippen molar-refractivity contribution in [2.24, 2.45) is 0 Å². The van der Waals surface area contributed by atoms with Gasteiger partial charge in [-0.3, -0.25) is 4.98 Å². The monoisotopic (exact) mass is 365 g/mol. The number of allylic oxidation sites excluding steroid dienone is 1. The van der Waals surface area contributed by atoms with E-state index in [4.69, 9.17) is 4.74 Å². The van der Waals surface area contributed by atoms with Gasteiger partial charge in [0.25, 0.3) is 0 Å². The molecule has 2 aromatic rings. The highest BCUT2D eigenvalue weighted by Gasteiger charge is 2.01. The molecule has 0 aliphatic heterocycles. The fourth-order valence-electron chi connectivity index (χ4n) is 3.07. The second-order valence-corrected chi connectivity index (χ2v) is 7.16. The Morgan fingerprint density at radius 1 is 0.815 bits per heavy atom. The topological polar surface area (TPSA) is 22.1 Å². The standard InChI is InChI=1S/C25H35NO/c1-3-5-7-9-10-11-13-22-14-19-25(26-21-22)23-15-17-24(18-16-23)27-20-12-8-6-4-2/h8,12,14-19,21H,3-7,9-11,13,20H2,1-2H3/b12-8+. The predicted octanol–water partition coefficient (Wildman–Crippen LogP) is 7.39. The zero-order valence-corrected chi connectivity index (χ0v) is 17.1. The summed E-state index contributed by atoms with van der Waals surface area (Å²) < 4.78 is 5.73. The smallest absolute Gasteiger partial charge is 0.119 e. The molecule has 146 valence electrons. The van der Waals surface area contributed by atoms with Crippen molar-refractivity contribution in [2.75, 3.05) is 6.61 Å². The van der Waals surface area contributed by atoms with Crippen LogP contribution in [-0.4, -0.2) is 11.6 Å². The number of pyridine rings is 1. The third-order valence-electron chi connectivity index (χ3n) is 4.76. The number of unbranched alkanes of at least 4 members (excludes halogenated alkanes) is 6. The molecular weight excluding hydrogens is 330 g/mol. The summed E-state index contributed by atoms with van der Waals surface area (Å²) in [4.78, 5) is 4.65. The quantitative estimate of drug-likeness (QED) is 0.273. The SMILES string of the molecule is CCC/C=C/COc1ccc(-c2ccc(CCCCCCCC)cn2)cc1. The molecule has 2 heteroatoms. The van der Waals surface area contributed by atoms with Crippen LogP contribution < -0.4 is 4.74 Å². The fraction of sp³-hybridized carbons (Fsp3) is 0.480. The molecule has 0 saturated carbocycles. The number of hydrogen-bond acceptors (Lipinski definition) is 2. The third-order valence-corrected chi connectivity index (χ3v) is 4.76. The summed E-state index contributed by atoms with van der Waals surface area (Å²) in [5.74, 6) is 0.902. The first kappa shape index (κ1) is 21.2. The number of nitrogens with zero attached hydrogens (tertiary/aromatic N) is 1. The lowest BCUT2D eigenvalue weighted by molar-refractivity contribution is 0.362. The van der Waals surface area contributed by atoms with E-state index in [1.807, 2.05) is 18.3 Å². The molecule has 2 nitrogen and oxygen atoms in total. The van der Waals surface area contributed by atoms with Gasteiger partial charge in [0.1, 0.15) is 12.4 Å². The van der Waals surface area contributed by atoms with Gasteiger partial charge in [-0.05, 0) is 55.2 Å². The molecule has 0 bridgehead atoms. The molecule has 1 heterocycles. The highest BCUT2D eigenvalue weighted by Crippen LogP contribution is 2.21. The van der Waals surface area contributed by atoms with Gasteiger partial charge in [0, 0.05) is 11.8 Å².